The molecule has 0 bridgehead atoms. The second kappa shape index (κ2) is 4.72. The smallest absolute Gasteiger partial charge is 0.268 e. The molecular weight excluding hydrogens is 248 g/mol. The average Bonchev–Trinajstić information content (AvgIpc) is 2.34. The number of ether oxygens (including phenoxy) is 1. The van der Waals surface area contributed by atoms with Crippen LogP contribution >= 0.6 is 0 Å². The van der Waals surface area contributed by atoms with Crippen molar-refractivity contribution in [3.8, 4) is 5.75 Å². The second-order valence-corrected chi connectivity index (χ2v) is 4.39. The van der Waals surface area contributed by atoms with Crippen LogP contribution in [0, 0.1) is 0 Å². The van der Waals surface area contributed by atoms with E-state index in [1.807, 2.05) is 0 Å². The van der Waals surface area contributed by atoms with Gasteiger partial charge in [0.1, 0.15) is 12.3 Å². The summed E-state index contributed by atoms with van der Waals surface area (Å²) in [4.78, 5) is 35.7. The molecular formula is C13H14N2O4. The first-order valence-electron chi connectivity index (χ1n) is 5.81. The molecule has 0 saturated heterocycles. The number of amides is 2. The highest BCUT2D eigenvalue weighted by atomic mass is 16.5. The second-order valence-electron chi connectivity index (χ2n) is 4.39. The fourth-order valence-electron chi connectivity index (χ4n) is 1.94. The van der Waals surface area contributed by atoms with Crippen molar-refractivity contribution in [1.29, 1.82) is 0 Å². The Labute approximate surface area is 110 Å². The van der Waals surface area contributed by atoms with Crippen LogP contribution in [-0.4, -0.2) is 30.2 Å². The van der Waals surface area contributed by atoms with Gasteiger partial charge in [0.15, 0.2) is 11.9 Å². The fourth-order valence-corrected chi connectivity index (χ4v) is 1.94. The monoisotopic (exact) mass is 262 g/mol. The number of fused-ring (bicyclic) bond motifs is 1. The van der Waals surface area contributed by atoms with Crippen molar-refractivity contribution in [2.45, 2.75) is 20.0 Å². The van der Waals surface area contributed by atoms with E-state index in [1.165, 1.54) is 17.9 Å². The molecule has 6 nitrogen and oxygen atoms in total. The van der Waals surface area contributed by atoms with E-state index >= 15 is 0 Å². The van der Waals surface area contributed by atoms with Crippen molar-refractivity contribution in [3.05, 3.63) is 23.8 Å². The molecule has 1 unspecified atom stereocenters. The molecule has 0 fully saturated rings. The highest BCUT2D eigenvalue weighted by molar-refractivity contribution is 6.05. The summed E-state index contributed by atoms with van der Waals surface area (Å²) in [7, 11) is 0. The molecule has 0 spiro atoms. The molecule has 1 aliphatic rings. The summed E-state index contributed by atoms with van der Waals surface area (Å²) in [5.41, 5.74) is 5.99. The number of rotatable bonds is 3. The minimum atomic E-state index is -0.685. The van der Waals surface area contributed by atoms with Crippen molar-refractivity contribution < 1.29 is 19.1 Å². The SMILES string of the molecule is CC(=O)c1ccc2c(c1)N(CC(N)=O)C(=O)C(C)O2. The highest BCUT2D eigenvalue weighted by Crippen LogP contribution is 2.34. The summed E-state index contributed by atoms with van der Waals surface area (Å²) in [5.74, 6) is -0.653. The maximum absolute atomic E-state index is 12.0. The molecule has 1 aliphatic heterocycles. The standard InChI is InChI=1S/C13H14N2O4/c1-7(16)9-3-4-11-10(5-9)15(6-12(14)17)13(18)8(2)19-11/h3-5,8H,6H2,1-2H3,(H2,14,17). The minimum absolute atomic E-state index is 0.132. The van der Waals surface area contributed by atoms with Gasteiger partial charge < -0.3 is 10.5 Å². The van der Waals surface area contributed by atoms with Crippen LogP contribution in [0.2, 0.25) is 0 Å². The van der Waals surface area contributed by atoms with Gasteiger partial charge in [-0.3, -0.25) is 19.3 Å². The summed E-state index contributed by atoms with van der Waals surface area (Å²) in [6.45, 7) is 2.79. The summed E-state index contributed by atoms with van der Waals surface area (Å²) in [6.07, 6.45) is -0.685. The van der Waals surface area contributed by atoms with E-state index in [-0.39, 0.29) is 18.2 Å². The van der Waals surface area contributed by atoms with Gasteiger partial charge in [-0.1, -0.05) is 0 Å². The molecule has 1 atom stereocenters. The Balaban J connectivity index is 2.50. The van der Waals surface area contributed by atoms with Crippen LogP contribution in [0.15, 0.2) is 18.2 Å². The molecule has 1 aromatic rings. The number of nitrogens with zero attached hydrogens (tertiary/aromatic N) is 1. The number of carbonyl (C=O) groups excluding carboxylic acids is 3. The Morgan fingerprint density at radius 3 is 2.68 bits per heavy atom. The zero-order valence-corrected chi connectivity index (χ0v) is 10.7. The number of carbonyl (C=O) groups is 3. The molecule has 1 aromatic carbocycles. The van der Waals surface area contributed by atoms with Crippen LogP contribution in [0.1, 0.15) is 24.2 Å². The highest BCUT2D eigenvalue weighted by Gasteiger charge is 2.32. The van der Waals surface area contributed by atoms with Crippen LogP contribution in [0.5, 0.6) is 5.75 Å². The van der Waals surface area contributed by atoms with Gasteiger partial charge in [-0.25, -0.2) is 0 Å². The number of primary amides is 1. The summed E-state index contributed by atoms with van der Waals surface area (Å²) < 4.78 is 5.44. The lowest BCUT2D eigenvalue weighted by molar-refractivity contribution is -0.127. The molecule has 2 N–H and O–H groups in total. The summed E-state index contributed by atoms with van der Waals surface area (Å²) in [6, 6.07) is 4.76. The molecule has 2 amide bonds. The van der Waals surface area contributed by atoms with Gasteiger partial charge in [-0.05, 0) is 32.0 Å². The predicted molar refractivity (Wildman–Crippen MR) is 68.1 cm³/mol. The number of anilines is 1. The van der Waals surface area contributed by atoms with Crippen molar-refractivity contribution in [2.24, 2.45) is 5.73 Å². The van der Waals surface area contributed by atoms with E-state index in [0.717, 1.165) is 0 Å². The normalized spacial score (nSPS) is 17.7. The van der Waals surface area contributed by atoms with Crippen LogP contribution in [0.3, 0.4) is 0 Å². The molecule has 0 aliphatic carbocycles. The van der Waals surface area contributed by atoms with E-state index in [1.54, 1.807) is 19.1 Å². The van der Waals surface area contributed by atoms with Gasteiger partial charge in [-0.15, -0.1) is 0 Å². The van der Waals surface area contributed by atoms with Gasteiger partial charge >= 0.3 is 0 Å². The Kier molecular flexibility index (Phi) is 3.25. The maximum atomic E-state index is 12.0. The quantitative estimate of drug-likeness (QED) is 0.803. The average molecular weight is 262 g/mol. The number of ketones is 1. The molecule has 0 saturated carbocycles. The summed E-state index contributed by atoms with van der Waals surface area (Å²) >= 11 is 0. The van der Waals surface area contributed by atoms with E-state index < -0.39 is 12.0 Å². The Morgan fingerprint density at radius 1 is 1.42 bits per heavy atom. The number of Topliss-reactive ketones (excluding diaryl/α,β-unsaturated/α-hetero) is 1. The zero-order chi connectivity index (χ0) is 14.2. The fraction of sp³-hybridized carbons (Fsp3) is 0.308. The lowest BCUT2D eigenvalue weighted by Gasteiger charge is -2.32. The van der Waals surface area contributed by atoms with Crippen molar-refractivity contribution >= 4 is 23.3 Å². The third-order valence-corrected chi connectivity index (χ3v) is 2.89. The van der Waals surface area contributed by atoms with Gasteiger partial charge in [-0.2, -0.15) is 0 Å². The molecule has 6 heteroatoms. The van der Waals surface area contributed by atoms with E-state index in [0.29, 0.717) is 17.0 Å². The zero-order valence-electron chi connectivity index (χ0n) is 10.7. The minimum Gasteiger partial charge on any atom is -0.479 e. The Hall–Kier alpha value is -2.37. The van der Waals surface area contributed by atoms with Gasteiger partial charge in [0.25, 0.3) is 5.91 Å². The lowest BCUT2D eigenvalue weighted by atomic mass is 10.1. The van der Waals surface area contributed by atoms with Gasteiger partial charge in [0.2, 0.25) is 5.91 Å². The molecule has 100 valence electrons. The van der Waals surface area contributed by atoms with Crippen LogP contribution in [0.25, 0.3) is 0 Å². The third kappa shape index (κ3) is 2.42. The Bertz CT molecular complexity index is 568. The summed E-state index contributed by atoms with van der Waals surface area (Å²) in [5, 5.41) is 0. The molecule has 0 radical (unpaired) electrons. The van der Waals surface area contributed by atoms with Crippen LogP contribution in [0.4, 0.5) is 5.69 Å². The first-order valence-corrected chi connectivity index (χ1v) is 5.81. The third-order valence-electron chi connectivity index (χ3n) is 2.89. The van der Waals surface area contributed by atoms with Gasteiger partial charge in [0.05, 0.1) is 5.69 Å². The van der Waals surface area contributed by atoms with Crippen LogP contribution in [-0.2, 0) is 9.59 Å². The largest absolute Gasteiger partial charge is 0.479 e. The number of hydrogen-bond donors (Lipinski definition) is 1. The Morgan fingerprint density at radius 2 is 2.11 bits per heavy atom. The molecule has 0 aromatic heterocycles. The number of benzene rings is 1. The van der Waals surface area contributed by atoms with E-state index in [9.17, 15) is 14.4 Å². The van der Waals surface area contributed by atoms with Crippen molar-refractivity contribution in [1.82, 2.24) is 0 Å². The topological polar surface area (TPSA) is 89.7 Å². The van der Waals surface area contributed by atoms with Crippen LogP contribution < -0.4 is 15.4 Å². The maximum Gasteiger partial charge on any atom is 0.268 e. The molecule has 1 heterocycles. The molecule has 19 heavy (non-hydrogen) atoms. The number of hydrogen-bond acceptors (Lipinski definition) is 4. The van der Waals surface area contributed by atoms with E-state index in [4.69, 9.17) is 10.5 Å². The predicted octanol–water partition coefficient (Wildman–Crippen LogP) is 0.488. The number of nitrogens with two attached hydrogens (primary N) is 1. The first kappa shape index (κ1) is 13.1. The first-order chi connectivity index (χ1) is 8.90. The molecule has 2 rings (SSSR count). The lowest BCUT2D eigenvalue weighted by Crippen LogP contribution is -2.48. The van der Waals surface area contributed by atoms with E-state index in [2.05, 4.69) is 0 Å². The van der Waals surface area contributed by atoms with Gasteiger partial charge in [0, 0.05) is 5.56 Å². The van der Waals surface area contributed by atoms with Crippen molar-refractivity contribution in [2.75, 3.05) is 11.4 Å². The van der Waals surface area contributed by atoms with Crippen molar-refractivity contribution in [3.63, 3.8) is 0 Å².